The Hall–Kier alpha value is -1.75. The Kier molecular flexibility index (Phi) is 3.43. The van der Waals surface area contributed by atoms with E-state index in [1.165, 1.54) is 11.9 Å². The molecule has 0 aromatic heterocycles. The van der Waals surface area contributed by atoms with Gasteiger partial charge in [-0.05, 0) is 23.8 Å². The second-order valence-electron chi connectivity index (χ2n) is 4.22. The summed E-state index contributed by atoms with van der Waals surface area (Å²) in [6.45, 7) is -0.115. The molecule has 1 heterocycles. The Morgan fingerprint density at radius 1 is 1.56 bits per heavy atom. The smallest absolute Gasteiger partial charge is 0.264 e. The maximum Gasteiger partial charge on any atom is 0.264 e. The molecule has 1 aliphatic heterocycles. The van der Waals surface area contributed by atoms with E-state index >= 15 is 0 Å². The van der Waals surface area contributed by atoms with E-state index in [1.807, 2.05) is 0 Å². The lowest BCUT2D eigenvalue weighted by Crippen LogP contribution is -2.42. The van der Waals surface area contributed by atoms with E-state index < -0.39 is 12.0 Å². The third-order valence-electron chi connectivity index (χ3n) is 2.74. The maximum absolute atomic E-state index is 12.0. The molecule has 96 valence electrons. The van der Waals surface area contributed by atoms with Gasteiger partial charge in [0.25, 0.3) is 5.91 Å². The first kappa shape index (κ1) is 12.7. The Balaban J connectivity index is 2.06. The molecule has 0 spiro atoms. The zero-order chi connectivity index (χ0) is 13.3. The van der Waals surface area contributed by atoms with Crippen LogP contribution in [-0.2, 0) is 16.0 Å². The summed E-state index contributed by atoms with van der Waals surface area (Å²) in [6, 6.07) is 5.22. The summed E-state index contributed by atoms with van der Waals surface area (Å²) in [5.41, 5.74) is 5.94. The van der Waals surface area contributed by atoms with Crippen molar-refractivity contribution in [3.8, 4) is 5.75 Å². The van der Waals surface area contributed by atoms with Crippen molar-refractivity contribution in [2.24, 2.45) is 5.73 Å². The molecule has 1 aliphatic rings. The van der Waals surface area contributed by atoms with Crippen LogP contribution >= 0.6 is 11.6 Å². The highest BCUT2D eigenvalue weighted by Gasteiger charge is 2.31. The topological polar surface area (TPSA) is 72.6 Å². The average Bonchev–Trinajstić information content (AvgIpc) is 2.69. The lowest BCUT2D eigenvalue weighted by atomic mass is 10.1. The van der Waals surface area contributed by atoms with Crippen molar-refractivity contribution in [1.29, 1.82) is 0 Å². The molecule has 0 fully saturated rings. The number of ether oxygens (including phenoxy) is 1. The van der Waals surface area contributed by atoms with Gasteiger partial charge in [0.1, 0.15) is 5.75 Å². The van der Waals surface area contributed by atoms with E-state index in [4.69, 9.17) is 22.1 Å². The number of halogens is 1. The Morgan fingerprint density at radius 3 is 2.94 bits per heavy atom. The number of hydrogen-bond donors (Lipinski definition) is 1. The number of primary amides is 1. The number of rotatable bonds is 3. The van der Waals surface area contributed by atoms with Crippen LogP contribution in [0.15, 0.2) is 18.2 Å². The number of nitrogens with zero attached hydrogens (tertiary/aromatic N) is 1. The van der Waals surface area contributed by atoms with Crippen LogP contribution in [0.4, 0.5) is 0 Å². The molecule has 1 aromatic carbocycles. The average molecular weight is 269 g/mol. The molecule has 0 bridgehead atoms. The Labute approximate surface area is 109 Å². The van der Waals surface area contributed by atoms with Crippen LogP contribution < -0.4 is 10.5 Å². The molecule has 5 nitrogen and oxygen atoms in total. The number of carbonyl (C=O) groups is 2. The van der Waals surface area contributed by atoms with Gasteiger partial charge < -0.3 is 15.4 Å². The zero-order valence-corrected chi connectivity index (χ0v) is 10.6. The fourth-order valence-corrected chi connectivity index (χ4v) is 2.11. The highest BCUT2D eigenvalue weighted by atomic mass is 35.5. The first-order valence-electron chi connectivity index (χ1n) is 5.45. The van der Waals surface area contributed by atoms with Crippen LogP contribution in [0.1, 0.15) is 5.56 Å². The van der Waals surface area contributed by atoms with Crippen LogP contribution in [0.25, 0.3) is 0 Å². The molecule has 6 heteroatoms. The molecule has 2 N–H and O–H groups in total. The van der Waals surface area contributed by atoms with Gasteiger partial charge in [0.15, 0.2) is 6.10 Å². The number of likely N-dealkylation sites (N-methyl/N-ethyl adjacent to an activating group) is 1. The lowest BCUT2D eigenvalue weighted by molar-refractivity contribution is -0.139. The first-order valence-corrected chi connectivity index (χ1v) is 5.83. The van der Waals surface area contributed by atoms with Crippen molar-refractivity contribution >= 4 is 23.4 Å². The minimum absolute atomic E-state index is 0.115. The molecule has 2 amide bonds. The first-order chi connectivity index (χ1) is 8.47. The van der Waals surface area contributed by atoms with Gasteiger partial charge in [-0.1, -0.05) is 11.6 Å². The number of benzene rings is 1. The fraction of sp³-hybridized carbons (Fsp3) is 0.333. The molecular formula is C12H13ClN2O3. The fourth-order valence-electron chi connectivity index (χ4n) is 1.91. The quantitative estimate of drug-likeness (QED) is 0.872. The highest BCUT2D eigenvalue weighted by molar-refractivity contribution is 6.30. The Bertz CT molecular complexity index is 504. The summed E-state index contributed by atoms with van der Waals surface area (Å²) < 4.78 is 5.52. The minimum atomic E-state index is -0.609. The summed E-state index contributed by atoms with van der Waals surface area (Å²) in [5, 5.41) is 0.607. The van der Waals surface area contributed by atoms with Crippen molar-refractivity contribution in [2.45, 2.75) is 12.5 Å². The normalized spacial score (nSPS) is 16.9. The number of carbonyl (C=O) groups excluding carboxylic acids is 2. The highest BCUT2D eigenvalue weighted by Crippen LogP contribution is 2.31. The van der Waals surface area contributed by atoms with E-state index in [-0.39, 0.29) is 12.5 Å². The predicted octanol–water partition coefficient (Wildman–Crippen LogP) is 0.587. The van der Waals surface area contributed by atoms with E-state index in [1.54, 1.807) is 18.2 Å². The summed E-state index contributed by atoms with van der Waals surface area (Å²) in [4.78, 5) is 24.0. The van der Waals surface area contributed by atoms with E-state index in [2.05, 4.69) is 0 Å². The molecule has 0 saturated carbocycles. The van der Waals surface area contributed by atoms with Crippen LogP contribution in [0, 0.1) is 0 Å². The second-order valence-corrected chi connectivity index (χ2v) is 4.66. The van der Waals surface area contributed by atoms with E-state index in [0.29, 0.717) is 17.2 Å². The van der Waals surface area contributed by atoms with Crippen LogP contribution in [0.5, 0.6) is 5.75 Å². The zero-order valence-electron chi connectivity index (χ0n) is 9.85. The van der Waals surface area contributed by atoms with Crippen LogP contribution in [-0.4, -0.2) is 36.4 Å². The van der Waals surface area contributed by atoms with Crippen molar-refractivity contribution in [1.82, 2.24) is 4.90 Å². The summed E-state index contributed by atoms with van der Waals surface area (Å²) in [7, 11) is 1.52. The molecule has 2 rings (SSSR count). The molecule has 0 radical (unpaired) electrons. The lowest BCUT2D eigenvalue weighted by Gasteiger charge is -2.19. The van der Waals surface area contributed by atoms with Gasteiger partial charge in [0.2, 0.25) is 5.91 Å². The minimum Gasteiger partial charge on any atom is -0.480 e. The molecule has 1 atom stereocenters. The van der Waals surface area contributed by atoms with E-state index in [9.17, 15) is 9.59 Å². The number of nitrogens with two attached hydrogens (primary N) is 1. The van der Waals surface area contributed by atoms with Gasteiger partial charge in [-0.25, -0.2) is 0 Å². The van der Waals surface area contributed by atoms with Crippen molar-refractivity contribution in [2.75, 3.05) is 13.6 Å². The van der Waals surface area contributed by atoms with Crippen molar-refractivity contribution in [3.05, 3.63) is 28.8 Å². The molecule has 1 unspecified atom stereocenters. The van der Waals surface area contributed by atoms with Crippen LogP contribution in [0.3, 0.4) is 0 Å². The van der Waals surface area contributed by atoms with Crippen molar-refractivity contribution < 1.29 is 14.3 Å². The van der Waals surface area contributed by atoms with Gasteiger partial charge >= 0.3 is 0 Å². The van der Waals surface area contributed by atoms with Gasteiger partial charge in [-0.3, -0.25) is 9.59 Å². The standard InChI is InChI=1S/C12H13ClN2O3/c1-15(6-11(14)16)12(17)10-5-7-4-8(13)2-3-9(7)18-10/h2-4,10H,5-6H2,1H3,(H2,14,16). The summed E-state index contributed by atoms with van der Waals surface area (Å²) in [5.74, 6) is -0.157. The van der Waals surface area contributed by atoms with E-state index in [0.717, 1.165) is 5.56 Å². The number of hydrogen-bond acceptors (Lipinski definition) is 3. The largest absolute Gasteiger partial charge is 0.480 e. The third kappa shape index (κ3) is 2.56. The van der Waals surface area contributed by atoms with Crippen molar-refractivity contribution in [3.63, 3.8) is 0 Å². The molecule has 0 aliphatic carbocycles. The molecule has 1 aromatic rings. The van der Waals surface area contributed by atoms with Gasteiger partial charge in [0, 0.05) is 18.5 Å². The Morgan fingerprint density at radius 2 is 2.28 bits per heavy atom. The monoisotopic (exact) mass is 268 g/mol. The molecular weight excluding hydrogens is 256 g/mol. The number of fused-ring (bicyclic) bond motifs is 1. The third-order valence-corrected chi connectivity index (χ3v) is 2.98. The van der Waals surface area contributed by atoms with Gasteiger partial charge in [-0.15, -0.1) is 0 Å². The second kappa shape index (κ2) is 4.86. The van der Waals surface area contributed by atoms with Gasteiger partial charge in [-0.2, -0.15) is 0 Å². The number of amides is 2. The SMILES string of the molecule is CN(CC(N)=O)C(=O)C1Cc2cc(Cl)ccc2O1. The van der Waals surface area contributed by atoms with Gasteiger partial charge in [0.05, 0.1) is 6.54 Å². The van der Waals surface area contributed by atoms with Crippen LogP contribution in [0.2, 0.25) is 5.02 Å². The summed E-state index contributed by atoms with van der Waals surface area (Å²) >= 11 is 5.87. The maximum atomic E-state index is 12.0. The summed E-state index contributed by atoms with van der Waals surface area (Å²) in [6.07, 6.45) is -0.152. The predicted molar refractivity (Wildman–Crippen MR) is 66.4 cm³/mol. The molecule has 0 saturated heterocycles. The molecule has 18 heavy (non-hydrogen) atoms.